The third-order valence-corrected chi connectivity index (χ3v) is 2.69. The Bertz CT molecular complexity index is 424. The molecule has 0 aliphatic heterocycles. The van der Waals surface area contributed by atoms with Gasteiger partial charge in [0.05, 0.1) is 13.7 Å². The largest absolute Gasteiger partial charge is 0.465 e. The van der Waals surface area contributed by atoms with E-state index in [4.69, 9.17) is 9.47 Å². The summed E-state index contributed by atoms with van der Waals surface area (Å²) in [7, 11) is 1.35. The monoisotopic (exact) mass is 267 g/mol. The summed E-state index contributed by atoms with van der Waals surface area (Å²) in [5, 5.41) is 0. The molecule has 0 spiro atoms. The minimum absolute atomic E-state index is 0.381. The number of ether oxygens (including phenoxy) is 2. The van der Waals surface area contributed by atoms with Gasteiger partial charge in [-0.25, -0.2) is 14.8 Å². The molecule has 19 heavy (non-hydrogen) atoms. The van der Waals surface area contributed by atoms with Gasteiger partial charge in [0.15, 0.2) is 0 Å². The van der Waals surface area contributed by atoms with Crippen molar-refractivity contribution < 1.29 is 14.3 Å². The average Bonchev–Trinajstić information content (AvgIpc) is 2.43. The molecule has 0 N–H and O–H groups in total. The van der Waals surface area contributed by atoms with Gasteiger partial charge in [0.1, 0.15) is 17.2 Å². The molecule has 0 fully saturated rings. The highest BCUT2D eigenvalue weighted by atomic mass is 16.5. The number of methoxy groups -OCH3 is 1. The highest BCUT2D eigenvalue weighted by Gasteiger charge is 2.18. The van der Waals surface area contributed by atoms with Gasteiger partial charge in [0.2, 0.25) is 0 Å². The molecule has 0 radical (unpaired) electrons. The van der Waals surface area contributed by atoms with Crippen LogP contribution < -0.4 is 4.90 Å². The summed E-state index contributed by atoms with van der Waals surface area (Å²) >= 11 is 0. The van der Waals surface area contributed by atoms with E-state index >= 15 is 0 Å². The lowest BCUT2D eigenvalue weighted by atomic mass is 10.2. The SMILES string of the molecule is CCOCCN(CC)c1nc(C)ncc1C(=O)OC. The molecular formula is C13H21N3O3. The molecule has 6 heteroatoms. The van der Waals surface area contributed by atoms with E-state index in [1.165, 1.54) is 13.3 Å². The van der Waals surface area contributed by atoms with Crippen LogP contribution in [0.5, 0.6) is 0 Å². The van der Waals surface area contributed by atoms with E-state index < -0.39 is 5.97 Å². The van der Waals surface area contributed by atoms with E-state index in [0.717, 1.165) is 6.54 Å². The van der Waals surface area contributed by atoms with Crippen LogP contribution in [0.15, 0.2) is 6.20 Å². The van der Waals surface area contributed by atoms with Gasteiger partial charge in [0, 0.05) is 25.9 Å². The van der Waals surface area contributed by atoms with Gasteiger partial charge < -0.3 is 14.4 Å². The van der Waals surface area contributed by atoms with Crippen molar-refractivity contribution in [1.82, 2.24) is 9.97 Å². The molecule has 0 unspecified atom stereocenters. The second-order valence-corrected chi connectivity index (χ2v) is 3.92. The first-order valence-corrected chi connectivity index (χ1v) is 6.38. The first-order chi connectivity index (χ1) is 9.13. The Morgan fingerprint density at radius 1 is 1.42 bits per heavy atom. The maximum absolute atomic E-state index is 11.7. The Kier molecular flexibility index (Phi) is 6.21. The van der Waals surface area contributed by atoms with E-state index in [1.54, 1.807) is 6.92 Å². The zero-order valence-corrected chi connectivity index (χ0v) is 12.0. The van der Waals surface area contributed by atoms with Gasteiger partial charge in [-0.3, -0.25) is 0 Å². The molecule has 0 amide bonds. The summed E-state index contributed by atoms with van der Waals surface area (Å²) in [5.41, 5.74) is 0.381. The van der Waals surface area contributed by atoms with Gasteiger partial charge in [-0.1, -0.05) is 0 Å². The van der Waals surface area contributed by atoms with Crippen molar-refractivity contribution in [2.24, 2.45) is 0 Å². The van der Waals surface area contributed by atoms with Crippen molar-refractivity contribution in [2.75, 3.05) is 38.3 Å². The van der Waals surface area contributed by atoms with Crippen molar-refractivity contribution in [3.05, 3.63) is 17.6 Å². The Labute approximate surface area is 113 Å². The number of carbonyl (C=O) groups excluding carboxylic acids is 1. The maximum atomic E-state index is 11.7. The second-order valence-electron chi connectivity index (χ2n) is 3.92. The molecule has 1 aromatic rings. The number of esters is 1. The van der Waals surface area contributed by atoms with E-state index in [-0.39, 0.29) is 0 Å². The minimum atomic E-state index is -0.426. The predicted molar refractivity (Wildman–Crippen MR) is 72.5 cm³/mol. The number of hydrogen-bond donors (Lipinski definition) is 0. The lowest BCUT2D eigenvalue weighted by Crippen LogP contribution is -2.30. The molecule has 1 aromatic heterocycles. The van der Waals surface area contributed by atoms with Gasteiger partial charge >= 0.3 is 5.97 Å². The number of anilines is 1. The highest BCUT2D eigenvalue weighted by molar-refractivity contribution is 5.94. The van der Waals surface area contributed by atoms with Crippen molar-refractivity contribution in [2.45, 2.75) is 20.8 Å². The maximum Gasteiger partial charge on any atom is 0.343 e. The molecule has 0 aliphatic carbocycles. The topological polar surface area (TPSA) is 64.5 Å². The lowest BCUT2D eigenvalue weighted by molar-refractivity contribution is 0.0600. The van der Waals surface area contributed by atoms with Crippen LogP contribution in [-0.4, -0.2) is 49.4 Å². The summed E-state index contributed by atoms with van der Waals surface area (Å²) in [5.74, 6) is 0.795. The Morgan fingerprint density at radius 2 is 2.16 bits per heavy atom. The van der Waals surface area contributed by atoms with Gasteiger partial charge in [-0.05, 0) is 20.8 Å². The summed E-state index contributed by atoms with van der Waals surface area (Å²) in [6, 6.07) is 0. The van der Waals surface area contributed by atoms with Crippen molar-refractivity contribution >= 4 is 11.8 Å². The predicted octanol–water partition coefficient (Wildman–Crippen LogP) is 1.43. The van der Waals surface area contributed by atoms with Crippen LogP contribution in [0.1, 0.15) is 30.0 Å². The van der Waals surface area contributed by atoms with E-state index in [2.05, 4.69) is 9.97 Å². The van der Waals surface area contributed by atoms with Crippen LogP contribution in [-0.2, 0) is 9.47 Å². The minimum Gasteiger partial charge on any atom is -0.465 e. The molecule has 0 aliphatic rings. The molecule has 0 saturated heterocycles. The number of aromatic nitrogens is 2. The van der Waals surface area contributed by atoms with Crippen LogP contribution >= 0.6 is 0 Å². The normalized spacial score (nSPS) is 10.3. The fourth-order valence-corrected chi connectivity index (χ4v) is 1.69. The summed E-state index contributed by atoms with van der Waals surface area (Å²) < 4.78 is 10.1. The fraction of sp³-hybridized carbons (Fsp3) is 0.615. The van der Waals surface area contributed by atoms with Crippen molar-refractivity contribution in [3.63, 3.8) is 0 Å². The van der Waals surface area contributed by atoms with Gasteiger partial charge in [-0.15, -0.1) is 0 Å². The molecule has 1 heterocycles. The number of aryl methyl sites for hydroxylation is 1. The van der Waals surface area contributed by atoms with Crippen LogP contribution in [0.3, 0.4) is 0 Å². The molecule has 0 aromatic carbocycles. The third kappa shape index (κ3) is 4.17. The lowest BCUT2D eigenvalue weighted by Gasteiger charge is -2.23. The second kappa shape index (κ2) is 7.68. The van der Waals surface area contributed by atoms with Crippen molar-refractivity contribution in [1.29, 1.82) is 0 Å². The average molecular weight is 267 g/mol. The smallest absolute Gasteiger partial charge is 0.343 e. The Morgan fingerprint density at radius 3 is 2.74 bits per heavy atom. The first kappa shape index (κ1) is 15.4. The molecule has 0 bridgehead atoms. The number of nitrogens with zero attached hydrogens (tertiary/aromatic N) is 3. The zero-order chi connectivity index (χ0) is 14.3. The van der Waals surface area contributed by atoms with Crippen LogP contribution in [0.25, 0.3) is 0 Å². The highest BCUT2D eigenvalue weighted by Crippen LogP contribution is 2.18. The molecular weight excluding hydrogens is 246 g/mol. The third-order valence-electron chi connectivity index (χ3n) is 2.69. The van der Waals surface area contributed by atoms with Crippen LogP contribution in [0.2, 0.25) is 0 Å². The van der Waals surface area contributed by atoms with E-state index in [1.807, 2.05) is 18.7 Å². The van der Waals surface area contributed by atoms with Crippen LogP contribution in [0.4, 0.5) is 5.82 Å². The quantitative estimate of drug-likeness (QED) is 0.550. The van der Waals surface area contributed by atoms with Gasteiger partial charge in [0.25, 0.3) is 0 Å². The van der Waals surface area contributed by atoms with Crippen molar-refractivity contribution in [3.8, 4) is 0 Å². The van der Waals surface area contributed by atoms with E-state index in [0.29, 0.717) is 37.0 Å². The molecule has 0 saturated carbocycles. The standard InChI is InChI=1S/C13H21N3O3/c1-5-16(7-8-19-6-2)12-11(13(17)18-4)9-14-10(3)15-12/h9H,5-8H2,1-4H3. The fourth-order valence-electron chi connectivity index (χ4n) is 1.69. The molecule has 106 valence electrons. The Balaban J connectivity index is 2.99. The summed E-state index contributed by atoms with van der Waals surface area (Å²) in [6.45, 7) is 8.41. The molecule has 1 rings (SSSR count). The molecule has 0 atom stereocenters. The summed E-state index contributed by atoms with van der Waals surface area (Å²) in [6.07, 6.45) is 1.51. The number of carbonyl (C=O) groups is 1. The zero-order valence-electron chi connectivity index (χ0n) is 12.0. The first-order valence-electron chi connectivity index (χ1n) is 6.38. The van der Waals surface area contributed by atoms with Crippen LogP contribution in [0, 0.1) is 6.92 Å². The van der Waals surface area contributed by atoms with E-state index in [9.17, 15) is 4.79 Å². The number of rotatable bonds is 7. The number of hydrogen-bond acceptors (Lipinski definition) is 6. The molecule has 6 nitrogen and oxygen atoms in total. The van der Waals surface area contributed by atoms with Gasteiger partial charge in [-0.2, -0.15) is 0 Å². The number of likely N-dealkylation sites (N-methyl/N-ethyl adjacent to an activating group) is 1. The Hall–Kier alpha value is -1.69. The summed E-state index contributed by atoms with van der Waals surface area (Å²) in [4.78, 5) is 22.1.